The molecule has 0 saturated heterocycles. The molecule has 33 heavy (non-hydrogen) atoms. The number of benzene rings is 2. The Balaban J connectivity index is 1.98. The van der Waals surface area contributed by atoms with Crippen molar-refractivity contribution < 1.29 is 14.3 Å². The summed E-state index contributed by atoms with van der Waals surface area (Å²) < 4.78 is 5.62. The first-order valence-electron chi connectivity index (χ1n) is 11.2. The van der Waals surface area contributed by atoms with E-state index in [1.165, 1.54) is 0 Å². The van der Waals surface area contributed by atoms with Crippen LogP contribution in [0.25, 0.3) is 0 Å². The average Bonchev–Trinajstić information content (AvgIpc) is 2.76. The molecule has 0 fully saturated rings. The van der Waals surface area contributed by atoms with Crippen molar-refractivity contribution in [2.24, 2.45) is 0 Å². The third-order valence-corrected chi connectivity index (χ3v) is 6.77. The minimum absolute atomic E-state index is 0.0105. The van der Waals surface area contributed by atoms with Crippen LogP contribution in [0.4, 0.5) is 4.79 Å². The highest BCUT2D eigenvalue weighted by Gasteiger charge is 2.34. The highest BCUT2D eigenvalue weighted by Crippen LogP contribution is 2.45. The smallest absolute Gasteiger partial charge is 0.410 e. The molecule has 0 radical (unpaired) electrons. The van der Waals surface area contributed by atoms with E-state index >= 15 is 0 Å². The van der Waals surface area contributed by atoms with E-state index in [1.807, 2.05) is 39.0 Å². The number of rotatable bonds is 5. The zero-order valence-electron chi connectivity index (χ0n) is 19.9. The van der Waals surface area contributed by atoms with Crippen molar-refractivity contribution in [3.8, 4) is 0 Å². The van der Waals surface area contributed by atoms with Crippen LogP contribution in [0.5, 0.6) is 0 Å². The molecule has 2 amide bonds. The lowest BCUT2D eigenvalue weighted by atomic mass is 9.75. The number of fused-ring (bicyclic) bond motifs is 1. The molecule has 0 saturated carbocycles. The van der Waals surface area contributed by atoms with E-state index in [0.29, 0.717) is 22.9 Å². The van der Waals surface area contributed by atoms with Crippen molar-refractivity contribution in [3.63, 3.8) is 0 Å². The summed E-state index contributed by atoms with van der Waals surface area (Å²) in [6, 6.07) is 12.0. The van der Waals surface area contributed by atoms with E-state index in [1.54, 1.807) is 19.0 Å². The van der Waals surface area contributed by atoms with Gasteiger partial charge in [0.25, 0.3) is 0 Å². The summed E-state index contributed by atoms with van der Waals surface area (Å²) in [5.74, 6) is 0.134. The summed E-state index contributed by atoms with van der Waals surface area (Å²) >= 11 is 12.5. The van der Waals surface area contributed by atoms with Crippen LogP contribution in [0.2, 0.25) is 10.0 Å². The molecule has 1 aliphatic carbocycles. The second kappa shape index (κ2) is 10.4. The van der Waals surface area contributed by atoms with Gasteiger partial charge in [-0.1, -0.05) is 47.5 Å². The van der Waals surface area contributed by atoms with Gasteiger partial charge >= 0.3 is 6.09 Å². The molecular formula is C26H32Cl2N2O3. The molecule has 0 aliphatic heterocycles. The number of halogens is 2. The number of hydrogen-bond acceptors (Lipinski definition) is 3. The molecule has 0 spiro atoms. The minimum atomic E-state index is -0.560. The molecular weight excluding hydrogens is 459 g/mol. The van der Waals surface area contributed by atoms with Crippen molar-refractivity contribution >= 4 is 35.2 Å². The van der Waals surface area contributed by atoms with Crippen molar-refractivity contribution in [1.82, 2.24) is 10.2 Å². The molecule has 7 heteroatoms. The third kappa shape index (κ3) is 6.21. The van der Waals surface area contributed by atoms with Gasteiger partial charge in [-0.2, -0.15) is 0 Å². The lowest BCUT2D eigenvalue weighted by molar-refractivity contribution is -0.120. The standard InChI is InChI=1S/C26H32Cl2N2O3/c1-26(2,3)33-25(32)30(5)23-12-10-18(17-8-11-21(27)22(28)15-17)20-14-16(6-9-19(20)23)7-13-24(31)29-4/h6,8-9,11,14-15,18,23H,7,10,12-13H2,1-5H3,(H,29,31)/t18-,23-/m0/s1. The van der Waals surface area contributed by atoms with E-state index in [-0.39, 0.29) is 24.0 Å². The van der Waals surface area contributed by atoms with Gasteiger partial charge < -0.3 is 15.0 Å². The molecule has 3 rings (SSSR count). The summed E-state index contributed by atoms with van der Waals surface area (Å²) in [7, 11) is 3.44. The Bertz CT molecular complexity index is 1030. The molecule has 0 aromatic heterocycles. The van der Waals surface area contributed by atoms with Gasteiger partial charge in [-0.15, -0.1) is 0 Å². The quantitative estimate of drug-likeness (QED) is 0.519. The van der Waals surface area contributed by atoms with Crippen LogP contribution in [0.1, 0.15) is 74.2 Å². The second-order valence-corrected chi connectivity index (χ2v) is 10.4. The van der Waals surface area contributed by atoms with Crippen LogP contribution in [0.15, 0.2) is 36.4 Å². The first-order valence-corrected chi connectivity index (χ1v) is 12.0. The number of nitrogens with one attached hydrogen (secondary N) is 1. The van der Waals surface area contributed by atoms with Crippen LogP contribution in [-0.2, 0) is 16.0 Å². The zero-order valence-corrected chi connectivity index (χ0v) is 21.4. The summed E-state index contributed by atoms with van der Waals surface area (Å²) in [6.07, 6.45) is 2.38. The van der Waals surface area contributed by atoms with E-state index in [4.69, 9.17) is 27.9 Å². The lowest BCUT2D eigenvalue weighted by Crippen LogP contribution is -2.38. The minimum Gasteiger partial charge on any atom is -0.444 e. The molecule has 5 nitrogen and oxygen atoms in total. The van der Waals surface area contributed by atoms with Gasteiger partial charge in [0, 0.05) is 26.4 Å². The number of carbonyl (C=O) groups is 2. The number of amides is 2. The summed E-state index contributed by atoms with van der Waals surface area (Å²) in [6.45, 7) is 5.60. The predicted octanol–water partition coefficient (Wildman–Crippen LogP) is 6.51. The fourth-order valence-corrected chi connectivity index (χ4v) is 4.65. The van der Waals surface area contributed by atoms with Crippen LogP contribution < -0.4 is 5.32 Å². The Kier molecular flexibility index (Phi) is 7.96. The van der Waals surface area contributed by atoms with Crippen molar-refractivity contribution in [2.45, 2.75) is 64.0 Å². The molecule has 2 aromatic carbocycles. The fraction of sp³-hybridized carbons (Fsp3) is 0.462. The topological polar surface area (TPSA) is 58.6 Å². The van der Waals surface area contributed by atoms with Gasteiger partial charge in [-0.3, -0.25) is 4.79 Å². The predicted molar refractivity (Wildman–Crippen MR) is 133 cm³/mol. The van der Waals surface area contributed by atoms with Crippen molar-refractivity contribution in [2.75, 3.05) is 14.1 Å². The Morgan fingerprint density at radius 1 is 1.06 bits per heavy atom. The van der Waals surface area contributed by atoms with Crippen LogP contribution in [0, 0.1) is 0 Å². The van der Waals surface area contributed by atoms with Gasteiger partial charge in [-0.05, 0) is 74.4 Å². The zero-order chi connectivity index (χ0) is 24.3. The number of nitrogens with zero attached hydrogens (tertiary/aromatic N) is 1. The summed E-state index contributed by atoms with van der Waals surface area (Å²) in [5, 5.41) is 3.73. The molecule has 1 aliphatic rings. The average molecular weight is 491 g/mol. The molecule has 178 valence electrons. The van der Waals surface area contributed by atoms with Gasteiger partial charge in [0.1, 0.15) is 5.60 Å². The van der Waals surface area contributed by atoms with Gasteiger partial charge in [-0.25, -0.2) is 4.79 Å². The lowest BCUT2D eigenvalue weighted by Gasteiger charge is -2.38. The van der Waals surface area contributed by atoms with Crippen molar-refractivity contribution in [1.29, 1.82) is 0 Å². The molecule has 2 aromatic rings. The summed E-state index contributed by atoms with van der Waals surface area (Å²) in [4.78, 5) is 26.3. The molecule has 0 bridgehead atoms. The fourth-order valence-electron chi connectivity index (χ4n) is 4.34. The Labute approximate surface area is 206 Å². The maximum atomic E-state index is 12.8. The Morgan fingerprint density at radius 2 is 1.79 bits per heavy atom. The summed E-state index contributed by atoms with van der Waals surface area (Å²) in [5.41, 5.74) is 3.86. The van der Waals surface area contributed by atoms with Crippen LogP contribution in [-0.4, -0.2) is 36.6 Å². The Morgan fingerprint density at radius 3 is 2.42 bits per heavy atom. The molecule has 0 heterocycles. The maximum Gasteiger partial charge on any atom is 0.410 e. The number of aryl methyl sites for hydroxylation is 1. The second-order valence-electron chi connectivity index (χ2n) is 9.55. The van der Waals surface area contributed by atoms with Gasteiger partial charge in [0.05, 0.1) is 16.1 Å². The van der Waals surface area contributed by atoms with E-state index < -0.39 is 5.60 Å². The number of ether oxygens (including phenoxy) is 1. The highest BCUT2D eigenvalue weighted by atomic mass is 35.5. The third-order valence-electron chi connectivity index (χ3n) is 6.03. The van der Waals surface area contributed by atoms with Crippen molar-refractivity contribution in [3.05, 3.63) is 68.7 Å². The molecule has 2 atom stereocenters. The van der Waals surface area contributed by atoms with E-state index in [0.717, 1.165) is 35.1 Å². The maximum absolute atomic E-state index is 12.8. The Hall–Kier alpha value is -2.24. The normalized spacial score (nSPS) is 17.8. The first kappa shape index (κ1) is 25.4. The first-order chi connectivity index (χ1) is 15.5. The molecule has 0 unspecified atom stereocenters. The van der Waals surface area contributed by atoms with E-state index in [9.17, 15) is 9.59 Å². The largest absolute Gasteiger partial charge is 0.444 e. The highest BCUT2D eigenvalue weighted by molar-refractivity contribution is 6.42. The van der Waals surface area contributed by atoms with E-state index in [2.05, 4.69) is 23.5 Å². The number of carbonyl (C=O) groups excluding carboxylic acids is 2. The SMILES string of the molecule is CNC(=O)CCc1ccc2c(c1)[C@H](c1ccc(Cl)c(Cl)c1)CC[C@@H]2N(C)C(=O)OC(C)(C)C. The molecule has 1 N–H and O–H groups in total. The van der Waals surface area contributed by atoms with Gasteiger partial charge in [0.2, 0.25) is 5.91 Å². The van der Waals surface area contributed by atoms with Crippen LogP contribution in [0.3, 0.4) is 0 Å². The number of hydrogen-bond donors (Lipinski definition) is 1. The van der Waals surface area contributed by atoms with Crippen LogP contribution >= 0.6 is 23.2 Å². The van der Waals surface area contributed by atoms with Gasteiger partial charge in [0.15, 0.2) is 0 Å². The monoisotopic (exact) mass is 490 g/mol.